The Labute approximate surface area is 134 Å². The average molecular weight is 349 g/mol. The highest BCUT2D eigenvalue weighted by molar-refractivity contribution is 9.10. The third kappa shape index (κ3) is 3.00. The molecule has 0 amide bonds. The van der Waals surface area contributed by atoms with Crippen LogP contribution in [-0.4, -0.2) is 11.1 Å². The normalized spacial score (nSPS) is 22.4. The van der Waals surface area contributed by atoms with Crippen LogP contribution in [0, 0.1) is 5.92 Å². The Balaban J connectivity index is 1.95. The Morgan fingerprint density at radius 3 is 2.95 bits per heavy atom. The maximum atomic E-state index is 6.33. The van der Waals surface area contributed by atoms with Gasteiger partial charge in [0.25, 0.3) is 0 Å². The molecule has 4 heteroatoms. The summed E-state index contributed by atoms with van der Waals surface area (Å²) in [5, 5.41) is 0.950. The minimum atomic E-state index is 0.307. The number of anilines is 1. The summed E-state index contributed by atoms with van der Waals surface area (Å²) < 4.78 is 7.27. The number of nitrogen functional groups attached to an aromatic ring is 1. The third-order valence-electron chi connectivity index (χ3n) is 4.46. The van der Waals surface area contributed by atoms with E-state index in [1.807, 2.05) is 18.2 Å². The van der Waals surface area contributed by atoms with Crippen molar-refractivity contribution in [1.82, 2.24) is 4.98 Å². The van der Waals surface area contributed by atoms with Crippen LogP contribution in [0.3, 0.4) is 0 Å². The summed E-state index contributed by atoms with van der Waals surface area (Å²) in [7, 11) is 0. The molecule has 2 unspecified atom stereocenters. The smallest absolute Gasteiger partial charge is 0.146 e. The van der Waals surface area contributed by atoms with E-state index in [-0.39, 0.29) is 0 Å². The summed E-state index contributed by atoms with van der Waals surface area (Å²) in [6, 6.07) is 5.87. The molecule has 1 saturated carbocycles. The first-order valence-corrected chi connectivity index (χ1v) is 8.48. The van der Waals surface area contributed by atoms with Crippen LogP contribution in [0.4, 0.5) is 5.69 Å². The second-order valence-electron chi connectivity index (χ2n) is 5.81. The monoisotopic (exact) mass is 348 g/mol. The van der Waals surface area contributed by atoms with Crippen LogP contribution in [0.1, 0.15) is 39.0 Å². The number of ether oxygens (including phenoxy) is 1. The molecule has 2 aromatic rings. The summed E-state index contributed by atoms with van der Waals surface area (Å²) in [5.41, 5.74) is 7.66. The van der Waals surface area contributed by atoms with E-state index in [1.165, 1.54) is 25.7 Å². The second kappa shape index (κ2) is 6.22. The number of fused-ring (bicyclic) bond motifs is 1. The number of benzene rings is 1. The molecule has 2 atom stereocenters. The first-order valence-electron chi connectivity index (χ1n) is 7.69. The Kier molecular flexibility index (Phi) is 4.34. The predicted octanol–water partition coefficient (Wildman–Crippen LogP) is 4.93. The van der Waals surface area contributed by atoms with Crippen molar-refractivity contribution in [2.24, 2.45) is 5.92 Å². The highest BCUT2D eigenvalue weighted by atomic mass is 79.9. The fourth-order valence-corrected chi connectivity index (χ4v) is 3.58. The highest BCUT2D eigenvalue weighted by Crippen LogP contribution is 2.35. The molecule has 1 aromatic carbocycles. The molecular formula is C17H21BrN2O. The van der Waals surface area contributed by atoms with E-state index < -0.39 is 0 Å². The molecule has 0 bridgehead atoms. The molecule has 1 heterocycles. The topological polar surface area (TPSA) is 48.1 Å². The van der Waals surface area contributed by atoms with Crippen molar-refractivity contribution in [3.63, 3.8) is 0 Å². The molecule has 0 saturated heterocycles. The zero-order valence-electron chi connectivity index (χ0n) is 12.3. The molecule has 1 aliphatic rings. The Bertz CT molecular complexity index is 644. The number of aromatic nitrogens is 1. The van der Waals surface area contributed by atoms with Crippen molar-refractivity contribution < 1.29 is 4.74 Å². The van der Waals surface area contributed by atoms with E-state index in [0.717, 1.165) is 33.2 Å². The van der Waals surface area contributed by atoms with Gasteiger partial charge in [-0.25, -0.2) is 0 Å². The van der Waals surface area contributed by atoms with Crippen LogP contribution in [0.15, 0.2) is 28.9 Å². The SMILES string of the molecule is CCC1CCCCC1Oc1ccc(N)c2cc(Br)cnc12. The summed E-state index contributed by atoms with van der Waals surface area (Å²) in [5.74, 6) is 1.51. The fraction of sp³-hybridized carbons (Fsp3) is 0.471. The molecule has 21 heavy (non-hydrogen) atoms. The average Bonchev–Trinajstić information content (AvgIpc) is 2.51. The predicted molar refractivity (Wildman–Crippen MR) is 90.5 cm³/mol. The minimum absolute atomic E-state index is 0.307. The molecule has 112 valence electrons. The van der Waals surface area contributed by atoms with E-state index in [1.54, 1.807) is 6.20 Å². The van der Waals surface area contributed by atoms with Crippen molar-refractivity contribution in [3.8, 4) is 5.75 Å². The van der Waals surface area contributed by atoms with E-state index in [0.29, 0.717) is 12.0 Å². The fourth-order valence-electron chi connectivity index (χ4n) is 3.24. The van der Waals surface area contributed by atoms with Crippen LogP contribution in [-0.2, 0) is 0 Å². The quantitative estimate of drug-likeness (QED) is 0.800. The van der Waals surface area contributed by atoms with Gasteiger partial charge in [0.2, 0.25) is 0 Å². The van der Waals surface area contributed by atoms with Gasteiger partial charge in [-0.2, -0.15) is 0 Å². The molecule has 0 radical (unpaired) electrons. The van der Waals surface area contributed by atoms with Crippen LogP contribution >= 0.6 is 15.9 Å². The standard InChI is InChI=1S/C17H21BrN2O/c1-2-11-5-3-4-6-15(11)21-16-8-7-14(19)13-9-12(18)10-20-17(13)16/h7-11,15H,2-6,19H2,1H3. The van der Waals surface area contributed by atoms with Crippen LogP contribution in [0.5, 0.6) is 5.75 Å². The number of rotatable bonds is 3. The van der Waals surface area contributed by atoms with E-state index >= 15 is 0 Å². The number of hydrogen-bond acceptors (Lipinski definition) is 3. The first-order chi connectivity index (χ1) is 10.2. The maximum Gasteiger partial charge on any atom is 0.146 e. The van der Waals surface area contributed by atoms with Gasteiger partial charge >= 0.3 is 0 Å². The van der Waals surface area contributed by atoms with Crippen LogP contribution in [0.25, 0.3) is 10.9 Å². The number of halogens is 1. The van der Waals surface area contributed by atoms with Gasteiger partial charge in [0.1, 0.15) is 17.4 Å². The molecule has 0 aliphatic heterocycles. The Morgan fingerprint density at radius 1 is 1.33 bits per heavy atom. The molecule has 2 N–H and O–H groups in total. The van der Waals surface area contributed by atoms with Crippen LogP contribution < -0.4 is 10.5 Å². The van der Waals surface area contributed by atoms with Crippen molar-refractivity contribution >= 4 is 32.5 Å². The van der Waals surface area contributed by atoms with Gasteiger partial charge in [-0.3, -0.25) is 4.98 Å². The lowest BCUT2D eigenvalue weighted by atomic mass is 9.85. The van der Waals surface area contributed by atoms with Gasteiger partial charge in [0.15, 0.2) is 0 Å². The summed E-state index contributed by atoms with van der Waals surface area (Å²) >= 11 is 3.45. The van der Waals surface area contributed by atoms with Crippen LogP contribution in [0.2, 0.25) is 0 Å². The number of nitrogens with two attached hydrogens (primary N) is 1. The number of nitrogens with zero attached hydrogens (tertiary/aromatic N) is 1. The van der Waals surface area contributed by atoms with Gasteiger partial charge in [0.05, 0.1) is 0 Å². The lowest BCUT2D eigenvalue weighted by Crippen LogP contribution is -2.30. The van der Waals surface area contributed by atoms with Gasteiger partial charge in [-0.15, -0.1) is 0 Å². The summed E-state index contributed by atoms with van der Waals surface area (Å²) in [6.45, 7) is 2.25. The molecule has 1 aromatic heterocycles. The third-order valence-corrected chi connectivity index (χ3v) is 4.89. The zero-order chi connectivity index (χ0) is 14.8. The zero-order valence-corrected chi connectivity index (χ0v) is 13.9. The molecule has 1 aliphatic carbocycles. The lowest BCUT2D eigenvalue weighted by molar-refractivity contribution is 0.0917. The van der Waals surface area contributed by atoms with Gasteiger partial charge in [-0.1, -0.05) is 13.3 Å². The van der Waals surface area contributed by atoms with Crippen molar-refractivity contribution in [3.05, 3.63) is 28.9 Å². The molecule has 1 fully saturated rings. The Hall–Kier alpha value is -1.29. The number of hydrogen-bond donors (Lipinski definition) is 1. The highest BCUT2D eigenvalue weighted by Gasteiger charge is 2.26. The van der Waals surface area contributed by atoms with Crippen molar-refractivity contribution in [2.45, 2.75) is 45.1 Å². The maximum absolute atomic E-state index is 6.33. The van der Waals surface area contributed by atoms with E-state index in [4.69, 9.17) is 10.5 Å². The lowest BCUT2D eigenvalue weighted by Gasteiger charge is -2.31. The van der Waals surface area contributed by atoms with Crippen molar-refractivity contribution in [1.29, 1.82) is 0 Å². The van der Waals surface area contributed by atoms with Crippen molar-refractivity contribution in [2.75, 3.05) is 5.73 Å². The minimum Gasteiger partial charge on any atom is -0.488 e. The van der Waals surface area contributed by atoms with Gasteiger partial charge in [0, 0.05) is 21.7 Å². The molecule has 3 rings (SSSR count). The molecular weight excluding hydrogens is 328 g/mol. The van der Waals surface area contributed by atoms with E-state index in [9.17, 15) is 0 Å². The Morgan fingerprint density at radius 2 is 2.14 bits per heavy atom. The van der Waals surface area contributed by atoms with E-state index in [2.05, 4.69) is 27.8 Å². The second-order valence-corrected chi connectivity index (χ2v) is 6.73. The van der Waals surface area contributed by atoms with Gasteiger partial charge < -0.3 is 10.5 Å². The van der Waals surface area contributed by atoms with Gasteiger partial charge in [-0.05, 0) is 65.7 Å². The summed E-state index contributed by atoms with van der Waals surface area (Å²) in [6.07, 6.45) is 8.28. The first kappa shape index (κ1) is 14.6. The molecule has 0 spiro atoms. The molecule has 3 nitrogen and oxygen atoms in total. The summed E-state index contributed by atoms with van der Waals surface area (Å²) in [4.78, 5) is 4.51. The largest absolute Gasteiger partial charge is 0.488 e. The number of pyridine rings is 1.